The fraction of sp³-hybridized carbons (Fsp3) is 0.600. The van der Waals surface area contributed by atoms with E-state index in [4.69, 9.17) is 4.74 Å². The van der Waals surface area contributed by atoms with E-state index in [2.05, 4.69) is 22.2 Å². The Hall–Kier alpha value is -1.16. The first-order chi connectivity index (χ1) is 6.79. The Labute approximate surface area is 83.7 Å². The molecule has 0 saturated carbocycles. The number of hydrogen-bond donors (Lipinski definition) is 1. The van der Waals surface area contributed by atoms with Crippen molar-refractivity contribution in [3.63, 3.8) is 0 Å². The molecule has 0 aromatic carbocycles. The van der Waals surface area contributed by atoms with E-state index in [-0.39, 0.29) is 5.60 Å². The highest BCUT2D eigenvalue weighted by Gasteiger charge is 2.29. The summed E-state index contributed by atoms with van der Waals surface area (Å²) in [5.41, 5.74) is -0.105. The Morgan fingerprint density at radius 2 is 1.93 bits per heavy atom. The van der Waals surface area contributed by atoms with E-state index in [1.165, 1.54) is 0 Å². The molecular weight excluding hydrogens is 178 g/mol. The third-order valence-corrected chi connectivity index (χ3v) is 2.54. The van der Waals surface area contributed by atoms with Crippen LogP contribution in [0.1, 0.15) is 19.8 Å². The van der Waals surface area contributed by atoms with Gasteiger partial charge in [0.2, 0.25) is 0 Å². The van der Waals surface area contributed by atoms with Crippen molar-refractivity contribution in [1.29, 1.82) is 0 Å². The lowest BCUT2D eigenvalue weighted by Crippen LogP contribution is -2.44. The number of nitrogens with zero attached hydrogens (tertiary/aromatic N) is 2. The highest BCUT2D eigenvalue weighted by molar-refractivity contribution is 4.97. The SMILES string of the molecule is CC1(Oc2ncccn2)CCNCC1. The van der Waals surface area contributed by atoms with Crippen LogP contribution >= 0.6 is 0 Å². The summed E-state index contributed by atoms with van der Waals surface area (Å²) in [7, 11) is 0. The van der Waals surface area contributed by atoms with Crippen LogP contribution in [0.4, 0.5) is 0 Å². The van der Waals surface area contributed by atoms with Gasteiger partial charge in [0.15, 0.2) is 0 Å². The summed E-state index contributed by atoms with van der Waals surface area (Å²) in [6, 6.07) is 2.27. The lowest BCUT2D eigenvalue weighted by Gasteiger charge is -2.33. The summed E-state index contributed by atoms with van der Waals surface area (Å²) < 4.78 is 5.78. The molecule has 0 spiro atoms. The first-order valence-corrected chi connectivity index (χ1v) is 4.95. The fourth-order valence-corrected chi connectivity index (χ4v) is 1.62. The molecule has 0 unspecified atom stereocenters. The van der Waals surface area contributed by atoms with Crippen LogP contribution in [0.2, 0.25) is 0 Å². The molecule has 1 saturated heterocycles. The van der Waals surface area contributed by atoms with Gasteiger partial charge >= 0.3 is 6.01 Å². The van der Waals surface area contributed by atoms with Gasteiger partial charge in [0, 0.05) is 12.4 Å². The number of aromatic nitrogens is 2. The molecule has 0 aliphatic carbocycles. The zero-order valence-corrected chi connectivity index (χ0v) is 8.36. The fourth-order valence-electron chi connectivity index (χ4n) is 1.62. The van der Waals surface area contributed by atoms with Crippen LogP contribution in [-0.4, -0.2) is 28.7 Å². The number of ether oxygens (including phenoxy) is 1. The minimum absolute atomic E-state index is 0.105. The van der Waals surface area contributed by atoms with Crippen LogP contribution in [-0.2, 0) is 0 Å². The maximum absolute atomic E-state index is 5.78. The molecule has 1 aromatic rings. The normalized spacial score (nSPS) is 20.4. The second kappa shape index (κ2) is 3.92. The lowest BCUT2D eigenvalue weighted by molar-refractivity contribution is 0.0457. The molecule has 2 rings (SSSR count). The second-order valence-corrected chi connectivity index (χ2v) is 3.83. The molecule has 4 heteroatoms. The minimum Gasteiger partial charge on any atom is -0.457 e. The van der Waals surface area contributed by atoms with E-state index in [0.717, 1.165) is 25.9 Å². The van der Waals surface area contributed by atoms with Crippen LogP contribution < -0.4 is 10.1 Å². The summed E-state index contributed by atoms with van der Waals surface area (Å²) in [6.07, 6.45) is 5.41. The van der Waals surface area contributed by atoms with Gasteiger partial charge in [-0.15, -0.1) is 0 Å². The number of piperidine rings is 1. The van der Waals surface area contributed by atoms with Crippen LogP contribution in [0.25, 0.3) is 0 Å². The van der Waals surface area contributed by atoms with E-state index in [9.17, 15) is 0 Å². The number of nitrogens with one attached hydrogen (secondary N) is 1. The number of rotatable bonds is 2. The molecular formula is C10H15N3O. The highest BCUT2D eigenvalue weighted by atomic mass is 16.5. The molecule has 0 radical (unpaired) electrons. The third-order valence-electron chi connectivity index (χ3n) is 2.54. The number of hydrogen-bond acceptors (Lipinski definition) is 4. The Kier molecular flexibility index (Phi) is 2.63. The van der Waals surface area contributed by atoms with Crippen molar-refractivity contribution < 1.29 is 4.74 Å². The summed E-state index contributed by atoms with van der Waals surface area (Å²) in [6.45, 7) is 4.12. The van der Waals surface area contributed by atoms with Crippen LogP contribution in [0.5, 0.6) is 6.01 Å². The van der Waals surface area contributed by atoms with Crippen molar-refractivity contribution in [2.75, 3.05) is 13.1 Å². The Morgan fingerprint density at radius 3 is 2.57 bits per heavy atom. The molecule has 1 aromatic heterocycles. The minimum atomic E-state index is -0.105. The van der Waals surface area contributed by atoms with Crippen molar-refractivity contribution >= 4 is 0 Å². The van der Waals surface area contributed by atoms with E-state index in [0.29, 0.717) is 6.01 Å². The molecule has 4 nitrogen and oxygen atoms in total. The summed E-state index contributed by atoms with van der Waals surface area (Å²) in [4.78, 5) is 8.13. The average Bonchev–Trinajstić information content (AvgIpc) is 2.19. The van der Waals surface area contributed by atoms with Gasteiger partial charge in [0.1, 0.15) is 5.60 Å². The Balaban J connectivity index is 2.02. The Morgan fingerprint density at radius 1 is 1.29 bits per heavy atom. The van der Waals surface area contributed by atoms with Crippen molar-refractivity contribution in [2.24, 2.45) is 0 Å². The zero-order valence-electron chi connectivity index (χ0n) is 8.36. The van der Waals surface area contributed by atoms with Gasteiger partial charge in [-0.05, 0) is 38.9 Å². The molecule has 1 aliphatic rings. The van der Waals surface area contributed by atoms with Crippen molar-refractivity contribution in [1.82, 2.24) is 15.3 Å². The predicted octanol–water partition coefficient (Wildman–Crippen LogP) is 0.998. The van der Waals surface area contributed by atoms with Gasteiger partial charge in [-0.3, -0.25) is 0 Å². The smallest absolute Gasteiger partial charge is 0.316 e. The van der Waals surface area contributed by atoms with Gasteiger partial charge in [-0.25, -0.2) is 9.97 Å². The van der Waals surface area contributed by atoms with Crippen LogP contribution in [0.15, 0.2) is 18.5 Å². The summed E-state index contributed by atoms with van der Waals surface area (Å²) in [5.74, 6) is 0. The Bertz CT molecular complexity index is 283. The zero-order chi connectivity index (χ0) is 9.86. The maximum Gasteiger partial charge on any atom is 0.316 e. The summed E-state index contributed by atoms with van der Waals surface area (Å²) in [5, 5.41) is 3.30. The lowest BCUT2D eigenvalue weighted by atomic mass is 9.95. The molecule has 0 atom stereocenters. The molecule has 0 bridgehead atoms. The summed E-state index contributed by atoms with van der Waals surface area (Å²) >= 11 is 0. The van der Waals surface area contributed by atoms with Crippen LogP contribution in [0, 0.1) is 0 Å². The predicted molar refractivity (Wildman–Crippen MR) is 53.2 cm³/mol. The van der Waals surface area contributed by atoms with Crippen molar-refractivity contribution in [3.8, 4) is 6.01 Å². The molecule has 1 aliphatic heterocycles. The van der Waals surface area contributed by atoms with Crippen LogP contribution in [0.3, 0.4) is 0 Å². The van der Waals surface area contributed by atoms with Gasteiger partial charge in [0.25, 0.3) is 0 Å². The van der Waals surface area contributed by atoms with Gasteiger partial charge in [-0.1, -0.05) is 0 Å². The molecule has 1 N–H and O–H groups in total. The van der Waals surface area contributed by atoms with Crippen molar-refractivity contribution in [2.45, 2.75) is 25.4 Å². The van der Waals surface area contributed by atoms with Gasteiger partial charge < -0.3 is 10.1 Å². The van der Waals surface area contributed by atoms with E-state index < -0.39 is 0 Å². The third kappa shape index (κ3) is 2.20. The van der Waals surface area contributed by atoms with Gasteiger partial charge in [-0.2, -0.15) is 0 Å². The first-order valence-electron chi connectivity index (χ1n) is 4.95. The second-order valence-electron chi connectivity index (χ2n) is 3.83. The average molecular weight is 193 g/mol. The molecule has 1 fully saturated rings. The largest absolute Gasteiger partial charge is 0.457 e. The highest BCUT2D eigenvalue weighted by Crippen LogP contribution is 2.22. The maximum atomic E-state index is 5.78. The molecule has 14 heavy (non-hydrogen) atoms. The quantitative estimate of drug-likeness (QED) is 0.761. The van der Waals surface area contributed by atoms with E-state index in [1.807, 2.05) is 0 Å². The van der Waals surface area contributed by atoms with E-state index in [1.54, 1.807) is 18.5 Å². The topological polar surface area (TPSA) is 47.0 Å². The van der Waals surface area contributed by atoms with E-state index >= 15 is 0 Å². The van der Waals surface area contributed by atoms with Gasteiger partial charge in [0.05, 0.1) is 0 Å². The standard InChI is InChI=1S/C10H15N3O/c1-10(3-7-11-8-4-10)14-9-12-5-2-6-13-9/h2,5-6,11H,3-4,7-8H2,1H3. The van der Waals surface area contributed by atoms with Crippen molar-refractivity contribution in [3.05, 3.63) is 18.5 Å². The molecule has 2 heterocycles. The monoisotopic (exact) mass is 193 g/mol. The molecule has 0 amide bonds. The molecule has 76 valence electrons. The first kappa shape index (κ1) is 9.40.